The molecule has 8 heteroatoms. The molecule has 2 atom stereocenters. The van der Waals surface area contributed by atoms with Gasteiger partial charge in [-0.05, 0) is 38.4 Å². The maximum atomic E-state index is 13.1. The summed E-state index contributed by atoms with van der Waals surface area (Å²) in [6.07, 6.45) is 9.74. The van der Waals surface area contributed by atoms with Crippen LogP contribution in [0.5, 0.6) is 0 Å². The lowest BCUT2D eigenvalue weighted by atomic mass is 9.83. The molecule has 0 amide bonds. The zero-order valence-electron chi connectivity index (χ0n) is 20.3. The third-order valence-electron chi connectivity index (χ3n) is 7.11. The minimum atomic E-state index is -4.09. The molecule has 32 heavy (non-hydrogen) atoms. The van der Waals surface area contributed by atoms with E-state index in [9.17, 15) is 13.2 Å². The van der Waals surface area contributed by atoms with Crippen LogP contribution in [0, 0.1) is 0 Å². The molecule has 0 bridgehead atoms. The number of piperidine rings is 1. The van der Waals surface area contributed by atoms with E-state index in [4.69, 9.17) is 9.88 Å². The Hall–Kier alpha value is -1.48. The summed E-state index contributed by atoms with van der Waals surface area (Å²) in [6.45, 7) is 3.51. The monoisotopic (exact) mass is 468 g/mol. The largest absolute Gasteiger partial charge is 0.469 e. The normalized spacial score (nSPS) is 21.8. The summed E-state index contributed by atoms with van der Waals surface area (Å²) in [5.41, 5.74) is 0.848. The Morgan fingerprint density at radius 3 is 2.34 bits per heavy atom. The van der Waals surface area contributed by atoms with Gasteiger partial charge in [-0.1, -0.05) is 51.2 Å². The zero-order valence-corrected chi connectivity index (χ0v) is 21.1. The number of unbranched alkanes of at least 4 members (excludes halogenated alkanes) is 5. The van der Waals surface area contributed by atoms with Crippen LogP contribution in [-0.2, 0) is 26.2 Å². The molecule has 182 valence electrons. The molecule has 0 saturated carbocycles. The molecular weight excluding hydrogens is 426 g/mol. The van der Waals surface area contributed by atoms with Gasteiger partial charge in [0.1, 0.15) is 17.6 Å². The van der Waals surface area contributed by atoms with Crippen molar-refractivity contribution in [3.63, 3.8) is 0 Å². The van der Waals surface area contributed by atoms with Crippen molar-refractivity contribution in [3.8, 4) is 0 Å². The summed E-state index contributed by atoms with van der Waals surface area (Å²) in [5.74, 6) is -0.423. The fourth-order valence-corrected chi connectivity index (χ4v) is 6.24. The first-order valence-corrected chi connectivity index (χ1v) is 13.3. The van der Waals surface area contributed by atoms with E-state index in [0.717, 1.165) is 25.8 Å². The van der Waals surface area contributed by atoms with E-state index >= 15 is 0 Å². The van der Waals surface area contributed by atoms with E-state index in [2.05, 4.69) is 11.8 Å². The van der Waals surface area contributed by atoms with Crippen LogP contribution in [0.1, 0.15) is 70.3 Å². The molecule has 1 heterocycles. The quantitative estimate of drug-likeness (QED) is 0.287. The standard InChI is InChI=1S/C24H42N3O4S/c1-5-6-7-8-9-10-12-21-13-15-22(16-14-21)27(3,32(25,29)30)24(19-23(28)31-4)17-11-18-26(2)20-24/h13-16H,5-12,17-20H2,1-4H3,(H2,25,29,30)/q+1. The van der Waals surface area contributed by atoms with Crippen molar-refractivity contribution in [3.05, 3.63) is 29.8 Å². The molecule has 1 aliphatic rings. The molecule has 0 aliphatic carbocycles. The second-order valence-electron chi connectivity index (χ2n) is 9.44. The lowest BCUT2D eigenvalue weighted by Gasteiger charge is -2.50. The molecule has 0 radical (unpaired) electrons. The summed E-state index contributed by atoms with van der Waals surface area (Å²) < 4.78 is 30.6. The van der Waals surface area contributed by atoms with Gasteiger partial charge in [0.2, 0.25) is 0 Å². The Balaban J connectivity index is 2.32. The summed E-state index contributed by atoms with van der Waals surface area (Å²) >= 11 is 0. The number of aryl methyl sites for hydroxylation is 1. The fourth-order valence-electron chi connectivity index (χ4n) is 5.07. The number of benzene rings is 1. The Bertz CT molecular complexity index is 843. The molecule has 7 nitrogen and oxygen atoms in total. The lowest BCUT2D eigenvalue weighted by Crippen LogP contribution is -2.73. The van der Waals surface area contributed by atoms with Gasteiger partial charge in [0.05, 0.1) is 20.7 Å². The number of rotatable bonds is 12. The first-order valence-electron chi connectivity index (χ1n) is 11.8. The molecule has 1 fully saturated rings. The van der Waals surface area contributed by atoms with Crippen LogP contribution in [0.2, 0.25) is 0 Å². The molecule has 1 aliphatic heterocycles. The average Bonchev–Trinajstić information content (AvgIpc) is 2.75. The molecule has 2 N–H and O–H groups in total. The van der Waals surface area contributed by atoms with Crippen molar-refractivity contribution in [2.24, 2.45) is 5.14 Å². The van der Waals surface area contributed by atoms with Crippen molar-refractivity contribution < 1.29 is 17.9 Å². The minimum absolute atomic E-state index is 0.0136. The van der Waals surface area contributed by atoms with E-state index < -0.39 is 25.6 Å². The smallest absolute Gasteiger partial charge is 0.372 e. The second kappa shape index (κ2) is 11.6. The number of hydrogen-bond acceptors (Lipinski definition) is 5. The molecule has 0 spiro atoms. The van der Waals surface area contributed by atoms with Crippen LogP contribution in [0.15, 0.2) is 24.3 Å². The van der Waals surface area contributed by atoms with Crippen molar-refractivity contribution in [2.45, 2.75) is 76.7 Å². The third-order valence-corrected chi connectivity index (χ3v) is 8.73. The van der Waals surface area contributed by atoms with Crippen LogP contribution in [0.25, 0.3) is 0 Å². The SMILES string of the molecule is CCCCCCCCc1ccc([N+](C)(C2(CC(=O)OC)CCCN(C)C2)S(N)(=O)=O)cc1. The number of quaternary nitrogens is 1. The number of hydrogen-bond donors (Lipinski definition) is 1. The third kappa shape index (κ3) is 6.10. The Labute approximate surface area is 194 Å². The van der Waals surface area contributed by atoms with E-state index in [1.165, 1.54) is 44.8 Å². The van der Waals surface area contributed by atoms with Gasteiger partial charge in [-0.3, -0.25) is 4.79 Å². The Morgan fingerprint density at radius 1 is 1.16 bits per heavy atom. The molecule has 2 rings (SSSR count). The fraction of sp³-hybridized carbons (Fsp3) is 0.708. The summed E-state index contributed by atoms with van der Waals surface area (Å²) in [6, 6.07) is 7.73. The highest BCUT2D eigenvalue weighted by Crippen LogP contribution is 2.42. The molecule has 1 aromatic rings. The Kier molecular flexibility index (Phi) is 9.69. The van der Waals surface area contributed by atoms with Crippen molar-refractivity contribution in [1.29, 1.82) is 0 Å². The van der Waals surface area contributed by atoms with Gasteiger partial charge in [-0.2, -0.15) is 17.4 Å². The van der Waals surface area contributed by atoms with Crippen molar-refractivity contribution in [1.82, 2.24) is 8.79 Å². The van der Waals surface area contributed by atoms with E-state index in [-0.39, 0.29) is 6.42 Å². The number of methoxy groups -OCH3 is 1. The highest BCUT2D eigenvalue weighted by molar-refractivity contribution is 7.88. The van der Waals surface area contributed by atoms with Gasteiger partial charge in [0.25, 0.3) is 0 Å². The van der Waals surface area contributed by atoms with Gasteiger partial charge < -0.3 is 9.64 Å². The number of nitrogens with zero attached hydrogens (tertiary/aromatic N) is 2. The highest BCUT2D eigenvalue weighted by Gasteiger charge is 2.59. The topological polar surface area (TPSA) is 89.7 Å². The average molecular weight is 469 g/mol. The van der Waals surface area contributed by atoms with E-state index in [1.54, 1.807) is 7.05 Å². The molecule has 0 aromatic heterocycles. The predicted octanol–water partition coefficient (Wildman–Crippen LogP) is 3.76. The van der Waals surface area contributed by atoms with Gasteiger partial charge in [-0.15, -0.1) is 0 Å². The molecular formula is C24H42N3O4S+. The van der Waals surface area contributed by atoms with E-state index in [0.29, 0.717) is 18.7 Å². The maximum absolute atomic E-state index is 13.1. The predicted molar refractivity (Wildman–Crippen MR) is 130 cm³/mol. The van der Waals surface area contributed by atoms with Crippen LogP contribution < -0.4 is 9.03 Å². The van der Waals surface area contributed by atoms with E-state index in [1.807, 2.05) is 31.3 Å². The van der Waals surface area contributed by atoms with Gasteiger partial charge >= 0.3 is 16.2 Å². The number of carbonyl (C=O) groups is 1. The molecule has 1 aromatic carbocycles. The lowest BCUT2D eigenvalue weighted by molar-refractivity contribution is -0.143. The highest BCUT2D eigenvalue weighted by atomic mass is 32.2. The number of esters is 1. The zero-order chi connectivity index (χ0) is 23.8. The van der Waals surface area contributed by atoms with Crippen LogP contribution in [0.4, 0.5) is 5.69 Å². The van der Waals surface area contributed by atoms with Crippen molar-refractivity contribution in [2.75, 3.05) is 34.3 Å². The van der Waals surface area contributed by atoms with Crippen molar-refractivity contribution >= 4 is 21.9 Å². The number of carbonyl (C=O) groups excluding carboxylic acids is 1. The molecule has 1 saturated heterocycles. The summed E-state index contributed by atoms with van der Waals surface area (Å²) in [5, 5.41) is 5.87. The second-order valence-corrected chi connectivity index (χ2v) is 11.2. The number of nitrogens with two attached hydrogens (primary N) is 1. The Morgan fingerprint density at radius 2 is 1.78 bits per heavy atom. The van der Waals surface area contributed by atoms with Crippen LogP contribution in [-0.4, -0.2) is 59.1 Å². The van der Waals surface area contributed by atoms with Gasteiger partial charge in [0.15, 0.2) is 0 Å². The molecule has 2 unspecified atom stereocenters. The first kappa shape index (κ1) is 26.8. The maximum Gasteiger partial charge on any atom is 0.372 e. The van der Waals surface area contributed by atoms with Gasteiger partial charge in [0, 0.05) is 18.6 Å². The first-order chi connectivity index (χ1) is 15.1. The number of likely N-dealkylation sites (N-methyl/N-ethyl adjacent to an activating group) is 2. The van der Waals surface area contributed by atoms with Crippen LogP contribution >= 0.6 is 0 Å². The number of ether oxygens (including phenoxy) is 1. The van der Waals surface area contributed by atoms with Crippen LogP contribution in [0.3, 0.4) is 0 Å². The van der Waals surface area contributed by atoms with Gasteiger partial charge in [-0.25, -0.2) is 0 Å². The summed E-state index contributed by atoms with van der Waals surface area (Å²) in [7, 11) is 0.814. The minimum Gasteiger partial charge on any atom is -0.469 e. The summed E-state index contributed by atoms with van der Waals surface area (Å²) in [4.78, 5) is 14.4. The number of likely N-dealkylation sites (tertiary alicyclic amines) is 1.